The van der Waals surface area contributed by atoms with Crippen LogP contribution >= 0.6 is 0 Å². The van der Waals surface area contributed by atoms with Crippen LogP contribution in [0.25, 0.3) is 0 Å². The molecule has 0 N–H and O–H groups in total. The number of allylic oxidation sites excluding steroid dienone is 1. The van der Waals surface area contributed by atoms with E-state index in [9.17, 15) is 0 Å². The second-order valence-corrected chi connectivity index (χ2v) is 4.51. The number of hydrogen-bond acceptors (Lipinski definition) is 1. The van der Waals surface area contributed by atoms with E-state index in [-0.39, 0.29) is 0 Å². The van der Waals surface area contributed by atoms with E-state index in [1.54, 1.807) is 0 Å². The molecule has 0 spiro atoms. The largest absolute Gasteiger partial charge is 0.368 e. The van der Waals surface area contributed by atoms with Gasteiger partial charge in [-0.3, -0.25) is 0 Å². The van der Waals surface area contributed by atoms with Gasteiger partial charge in [0.15, 0.2) is 0 Å². The fourth-order valence-corrected chi connectivity index (χ4v) is 2.80. The van der Waals surface area contributed by atoms with Gasteiger partial charge in [-0.2, -0.15) is 0 Å². The monoisotopic (exact) mass is 199 g/mol. The summed E-state index contributed by atoms with van der Waals surface area (Å²) in [6.07, 6.45) is 9.70. The molecule has 0 saturated heterocycles. The van der Waals surface area contributed by atoms with Crippen molar-refractivity contribution in [3.63, 3.8) is 0 Å². The Labute approximate surface area is 91.4 Å². The van der Waals surface area contributed by atoms with Gasteiger partial charge in [0.1, 0.15) is 0 Å². The van der Waals surface area contributed by atoms with Crippen LogP contribution in [0.15, 0.2) is 36.4 Å². The Morgan fingerprint density at radius 3 is 2.93 bits per heavy atom. The first-order valence-corrected chi connectivity index (χ1v) is 5.95. The van der Waals surface area contributed by atoms with Gasteiger partial charge in [0.2, 0.25) is 0 Å². The summed E-state index contributed by atoms with van der Waals surface area (Å²) in [6.45, 7) is 1.22. The predicted molar refractivity (Wildman–Crippen MR) is 64.3 cm³/mol. The maximum atomic E-state index is 2.61. The summed E-state index contributed by atoms with van der Waals surface area (Å²) < 4.78 is 0. The van der Waals surface area contributed by atoms with Crippen LogP contribution < -0.4 is 4.90 Å². The van der Waals surface area contributed by atoms with Gasteiger partial charge in [0.05, 0.1) is 0 Å². The lowest BCUT2D eigenvalue weighted by atomic mass is 10.0. The fraction of sp³-hybridized carbons (Fsp3) is 0.429. The summed E-state index contributed by atoms with van der Waals surface area (Å²) in [6, 6.07) is 9.62. The molecule has 1 aromatic carbocycles. The highest BCUT2D eigenvalue weighted by Gasteiger charge is 2.25. The average molecular weight is 199 g/mol. The van der Waals surface area contributed by atoms with Gasteiger partial charge in [-0.15, -0.1) is 0 Å². The number of fused-ring (bicyclic) bond motifs is 1. The lowest BCUT2D eigenvalue weighted by Crippen LogP contribution is -2.34. The lowest BCUT2D eigenvalue weighted by Gasteiger charge is -2.31. The van der Waals surface area contributed by atoms with Crippen molar-refractivity contribution in [3.8, 4) is 0 Å². The standard InChI is InChI=1S/C14H17N/c1-2-7-13(8-3-1)15-11-10-12-6-4-5-9-14(12)15/h1-2,4-6,9,13H,3,7-8,10-11H2. The highest BCUT2D eigenvalue weighted by atomic mass is 15.2. The maximum Gasteiger partial charge on any atom is 0.0402 e. The fourth-order valence-electron chi connectivity index (χ4n) is 2.80. The first-order valence-electron chi connectivity index (χ1n) is 5.95. The van der Waals surface area contributed by atoms with E-state index in [0.29, 0.717) is 0 Å². The average Bonchev–Trinajstić information content (AvgIpc) is 2.74. The molecule has 1 heteroatoms. The molecule has 0 fully saturated rings. The van der Waals surface area contributed by atoms with Gasteiger partial charge < -0.3 is 4.90 Å². The molecule has 1 unspecified atom stereocenters. The second kappa shape index (κ2) is 3.73. The molecule has 0 aromatic heterocycles. The molecular formula is C14H17N. The van der Waals surface area contributed by atoms with Crippen molar-refractivity contribution in [2.24, 2.45) is 0 Å². The van der Waals surface area contributed by atoms with Crippen molar-refractivity contribution in [2.45, 2.75) is 31.7 Å². The highest BCUT2D eigenvalue weighted by Crippen LogP contribution is 2.32. The quantitative estimate of drug-likeness (QED) is 0.628. The van der Waals surface area contributed by atoms with Gasteiger partial charge in [-0.05, 0) is 37.3 Å². The number of rotatable bonds is 1. The van der Waals surface area contributed by atoms with E-state index in [0.717, 1.165) is 6.04 Å². The number of para-hydroxylation sites is 1. The van der Waals surface area contributed by atoms with E-state index in [1.165, 1.54) is 43.5 Å². The van der Waals surface area contributed by atoms with Gasteiger partial charge in [-0.1, -0.05) is 30.4 Å². The predicted octanol–water partition coefficient (Wildman–Crippen LogP) is 3.16. The maximum absolute atomic E-state index is 2.61. The zero-order valence-corrected chi connectivity index (χ0v) is 9.02. The van der Waals surface area contributed by atoms with Crippen molar-refractivity contribution in [1.29, 1.82) is 0 Å². The Morgan fingerprint density at radius 2 is 2.07 bits per heavy atom. The molecule has 1 aliphatic carbocycles. The van der Waals surface area contributed by atoms with Crippen LogP contribution in [0.1, 0.15) is 24.8 Å². The minimum absolute atomic E-state index is 0.749. The number of nitrogens with zero attached hydrogens (tertiary/aromatic N) is 1. The molecule has 1 nitrogen and oxygen atoms in total. The van der Waals surface area contributed by atoms with Gasteiger partial charge >= 0.3 is 0 Å². The Balaban J connectivity index is 1.87. The zero-order valence-electron chi connectivity index (χ0n) is 9.02. The van der Waals surface area contributed by atoms with E-state index in [1.807, 2.05) is 0 Å². The summed E-state index contributed by atoms with van der Waals surface area (Å²) in [5.74, 6) is 0. The van der Waals surface area contributed by atoms with E-state index < -0.39 is 0 Å². The van der Waals surface area contributed by atoms with Gasteiger partial charge in [-0.25, -0.2) is 0 Å². The Hall–Kier alpha value is -1.24. The highest BCUT2D eigenvalue weighted by molar-refractivity contribution is 5.58. The molecule has 1 atom stereocenters. The molecule has 3 rings (SSSR count). The van der Waals surface area contributed by atoms with E-state index >= 15 is 0 Å². The van der Waals surface area contributed by atoms with Crippen molar-refractivity contribution in [2.75, 3.05) is 11.4 Å². The minimum atomic E-state index is 0.749. The molecule has 15 heavy (non-hydrogen) atoms. The third-order valence-electron chi connectivity index (χ3n) is 3.61. The van der Waals surface area contributed by atoms with E-state index in [2.05, 4.69) is 41.3 Å². The Morgan fingerprint density at radius 1 is 1.13 bits per heavy atom. The molecule has 2 aliphatic rings. The molecule has 78 valence electrons. The summed E-state index contributed by atoms with van der Waals surface area (Å²) in [5.41, 5.74) is 3.02. The van der Waals surface area contributed by atoms with Gasteiger partial charge in [0.25, 0.3) is 0 Å². The van der Waals surface area contributed by atoms with E-state index in [4.69, 9.17) is 0 Å². The Bertz CT molecular complexity index is 381. The molecule has 0 amide bonds. The summed E-state index contributed by atoms with van der Waals surface area (Å²) in [4.78, 5) is 2.61. The van der Waals surface area contributed by atoms with Crippen molar-refractivity contribution >= 4 is 5.69 Å². The molecule has 0 radical (unpaired) electrons. The van der Waals surface area contributed by atoms with Crippen LogP contribution in [0.5, 0.6) is 0 Å². The number of hydrogen-bond donors (Lipinski definition) is 0. The number of anilines is 1. The van der Waals surface area contributed by atoms with Crippen LogP contribution in [0, 0.1) is 0 Å². The summed E-state index contributed by atoms with van der Waals surface area (Å²) in [5, 5.41) is 0. The molecule has 0 bridgehead atoms. The topological polar surface area (TPSA) is 3.24 Å². The molecular weight excluding hydrogens is 182 g/mol. The third kappa shape index (κ3) is 1.56. The zero-order chi connectivity index (χ0) is 10.1. The first kappa shape index (κ1) is 9.02. The van der Waals surface area contributed by atoms with Crippen LogP contribution in [0.2, 0.25) is 0 Å². The van der Waals surface area contributed by atoms with Crippen LogP contribution in [-0.2, 0) is 6.42 Å². The third-order valence-corrected chi connectivity index (χ3v) is 3.61. The first-order chi connectivity index (χ1) is 7.45. The van der Waals surface area contributed by atoms with Crippen molar-refractivity contribution in [1.82, 2.24) is 0 Å². The molecule has 1 aromatic rings. The van der Waals surface area contributed by atoms with Crippen molar-refractivity contribution < 1.29 is 0 Å². The minimum Gasteiger partial charge on any atom is -0.368 e. The smallest absolute Gasteiger partial charge is 0.0402 e. The Kier molecular flexibility index (Phi) is 2.24. The summed E-state index contributed by atoms with van der Waals surface area (Å²) in [7, 11) is 0. The van der Waals surface area contributed by atoms with Crippen molar-refractivity contribution in [3.05, 3.63) is 42.0 Å². The molecule has 1 aliphatic heterocycles. The SMILES string of the molecule is C1=CCC(N2CCc3ccccc32)CC1. The number of benzene rings is 1. The molecule has 1 heterocycles. The van der Waals surface area contributed by atoms with Crippen LogP contribution in [0.4, 0.5) is 5.69 Å². The lowest BCUT2D eigenvalue weighted by molar-refractivity contribution is 0.555. The normalized spacial score (nSPS) is 24.3. The van der Waals surface area contributed by atoms with Gasteiger partial charge in [0, 0.05) is 18.3 Å². The van der Waals surface area contributed by atoms with Crippen LogP contribution in [0.3, 0.4) is 0 Å². The van der Waals surface area contributed by atoms with Crippen LogP contribution in [-0.4, -0.2) is 12.6 Å². The summed E-state index contributed by atoms with van der Waals surface area (Å²) >= 11 is 0. The second-order valence-electron chi connectivity index (χ2n) is 4.51. The molecule has 0 saturated carbocycles.